The van der Waals surface area contributed by atoms with Gasteiger partial charge in [0.05, 0.1) is 0 Å². The number of hydrogen-bond acceptors (Lipinski definition) is 3. The Bertz CT molecular complexity index is 643. The Balaban J connectivity index is 1.57. The van der Waals surface area contributed by atoms with E-state index in [1.807, 2.05) is 12.4 Å². The van der Waals surface area contributed by atoms with Crippen LogP contribution in [0.4, 0.5) is 0 Å². The van der Waals surface area contributed by atoms with Crippen molar-refractivity contribution in [3.63, 3.8) is 0 Å². The van der Waals surface area contributed by atoms with Gasteiger partial charge in [-0.2, -0.15) is 0 Å². The maximum absolute atomic E-state index is 5.09. The van der Waals surface area contributed by atoms with E-state index < -0.39 is 0 Å². The largest absolute Gasteiger partial charge is 0.385 e. The summed E-state index contributed by atoms with van der Waals surface area (Å²) in [5, 5.41) is 0. The normalized spacial score (nSPS) is 20.2. The van der Waals surface area contributed by atoms with Crippen LogP contribution in [0.25, 0.3) is 11.4 Å². The average molecular weight is 353 g/mol. The number of methoxy groups -OCH3 is 1. The summed E-state index contributed by atoms with van der Waals surface area (Å²) < 4.78 is 5.09. The predicted molar refractivity (Wildman–Crippen MR) is 107 cm³/mol. The van der Waals surface area contributed by atoms with Gasteiger partial charge in [0.25, 0.3) is 0 Å². The highest BCUT2D eigenvalue weighted by Crippen LogP contribution is 2.37. The molecule has 0 amide bonds. The zero-order chi connectivity index (χ0) is 18.2. The van der Waals surface area contributed by atoms with Crippen LogP contribution in [0.5, 0.6) is 0 Å². The smallest absolute Gasteiger partial charge is 0.159 e. The van der Waals surface area contributed by atoms with Crippen LogP contribution in [-0.2, 0) is 11.2 Å². The third-order valence-electron chi connectivity index (χ3n) is 5.70. The van der Waals surface area contributed by atoms with Crippen molar-refractivity contribution in [2.45, 2.75) is 64.2 Å². The summed E-state index contributed by atoms with van der Waals surface area (Å²) in [6.07, 6.45) is 14.1. The van der Waals surface area contributed by atoms with Gasteiger partial charge in [-0.25, -0.2) is 9.97 Å². The highest BCUT2D eigenvalue weighted by atomic mass is 16.5. The van der Waals surface area contributed by atoms with Gasteiger partial charge >= 0.3 is 0 Å². The average Bonchev–Trinajstić information content (AvgIpc) is 2.70. The molecular weight excluding hydrogens is 320 g/mol. The molecule has 0 bridgehead atoms. The Hall–Kier alpha value is -1.74. The van der Waals surface area contributed by atoms with Crippen LogP contribution in [0.15, 0.2) is 36.7 Å². The molecular formula is C23H32N2O. The molecule has 3 rings (SSSR count). The van der Waals surface area contributed by atoms with Gasteiger partial charge in [-0.3, -0.25) is 0 Å². The molecule has 1 saturated carbocycles. The van der Waals surface area contributed by atoms with E-state index in [-0.39, 0.29) is 0 Å². The number of aromatic nitrogens is 2. The first-order chi connectivity index (χ1) is 12.8. The van der Waals surface area contributed by atoms with Gasteiger partial charge in [-0.15, -0.1) is 0 Å². The molecule has 140 valence electrons. The zero-order valence-corrected chi connectivity index (χ0v) is 16.3. The minimum atomic E-state index is 0.737. The number of nitrogens with zero attached hydrogens (tertiary/aromatic N) is 2. The molecule has 0 radical (unpaired) electrons. The van der Waals surface area contributed by atoms with E-state index >= 15 is 0 Å². The highest BCUT2D eigenvalue weighted by Gasteiger charge is 2.21. The van der Waals surface area contributed by atoms with Gasteiger partial charge in [-0.05, 0) is 61.5 Å². The Labute approximate surface area is 158 Å². The second-order valence-electron chi connectivity index (χ2n) is 7.64. The minimum absolute atomic E-state index is 0.737. The van der Waals surface area contributed by atoms with Gasteiger partial charge < -0.3 is 4.74 Å². The molecule has 0 aliphatic heterocycles. The van der Waals surface area contributed by atoms with E-state index in [4.69, 9.17) is 4.74 Å². The zero-order valence-electron chi connectivity index (χ0n) is 16.3. The Kier molecular flexibility index (Phi) is 7.19. The third-order valence-corrected chi connectivity index (χ3v) is 5.70. The summed E-state index contributed by atoms with van der Waals surface area (Å²) in [6, 6.07) is 8.95. The maximum Gasteiger partial charge on any atom is 0.159 e. The number of hydrogen-bond donors (Lipinski definition) is 0. The van der Waals surface area contributed by atoms with Crippen LogP contribution in [0.3, 0.4) is 0 Å². The van der Waals surface area contributed by atoms with E-state index in [1.165, 1.54) is 49.7 Å². The minimum Gasteiger partial charge on any atom is -0.385 e. The van der Waals surface area contributed by atoms with Crippen molar-refractivity contribution in [3.05, 3.63) is 47.8 Å². The monoisotopic (exact) mass is 352 g/mol. The molecule has 1 aliphatic rings. The fraction of sp³-hybridized carbons (Fsp3) is 0.565. The predicted octanol–water partition coefficient (Wildman–Crippen LogP) is 5.80. The van der Waals surface area contributed by atoms with E-state index in [1.54, 1.807) is 7.11 Å². The number of rotatable bonds is 8. The molecule has 2 aromatic rings. The molecule has 1 aromatic carbocycles. The molecule has 0 unspecified atom stereocenters. The molecule has 0 saturated heterocycles. The molecule has 1 heterocycles. The van der Waals surface area contributed by atoms with Gasteiger partial charge in [0, 0.05) is 31.7 Å². The van der Waals surface area contributed by atoms with Crippen molar-refractivity contribution in [3.8, 4) is 11.4 Å². The van der Waals surface area contributed by atoms with Gasteiger partial charge in [0.1, 0.15) is 0 Å². The number of benzene rings is 1. The summed E-state index contributed by atoms with van der Waals surface area (Å²) in [5.74, 6) is 2.52. The quantitative estimate of drug-likeness (QED) is 0.563. The molecule has 1 fully saturated rings. The molecule has 0 N–H and O–H groups in total. The fourth-order valence-corrected chi connectivity index (χ4v) is 4.15. The molecule has 0 spiro atoms. The first kappa shape index (κ1) is 19.0. The standard InChI is InChI=1S/C23H32N2O/c1-3-5-18-7-9-20(10-8-18)21-11-13-22(14-12-21)23-24-16-19(17-25-23)6-4-15-26-2/h11-14,16-18,20H,3-10,15H2,1-2H3. The molecule has 0 atom stereocenters. The molecule has 3 heteroatoms. The molecule has 26 heavy (non-hydrogen) atoms. The lowest BCUT2D eigenvalue weighted by Crippen LogP contribution is -2.13. The van der Waals surface area contributed by atoms with Crippen LogP contribution in [-0.4, -0.2) is 23.7 Å². The summed E-state index contributed by atoms with van der Waals surface area (Å²) in [6.45, 7) is 3.09. The lowest BCUT2D eigenvalue weighted by Gasteiger charge is -2.28. The molecule has 3 nitrogen and oxygen atoms in total. The number of aryl methyl sites for hydroxylation is 1. The van der Waals surface area contributed by atoms with E-state index in [2.05, 4.69) is 41.2 Å². The van der Waals surface area contributed by atoms with Crippen LogP contribution >= 0.6 is 0 Å². The van der Waals surface area contributed by atoms with Crippen LogP contribution < -0.4 is 0 Å². The second-order valence-corrected chi connectivity index (χ2v) is 7.64. The van der Waals surface area contributed by atoms with Crippen LogP contribution in [0.1, 0.15) is 68.9 Å². The van der Waals surface area contributed by atoms with Gasteiger partial charge in [0.2, 0.25) is 0 Å². The lowest BCUT2D eigenvalue weighted by molar-refractivity contribution is 0.195. The van der Waals surface area contributed by atoms with E-state index in [0.717, 1.165) is 42.7 Å². The van der Waals surface area contributed by atoms with E-state index in [9.17, 15) is 0 Å². The summed E-state index contributed by atoms with van der Waals surface area (Å²) in [7, 11) is 1.74. The van der Waals surface area contributed by atoms with Crippen molar-refractivity contribution in [1.29, 1.82) is 0 Å². The fourth-order valence-electron chi connectivity index (χ4n) is 4.15. The van der Waals surface area contributed by atoms with Crippen molar-refractivity contribution in [2.24, 2.45) is 5.92 Å². The highest BCUT2D eigenvalue weighted by molar-refractivity contribution is 5.55. The maximum atomic E-state index is 5.09. The summed E-state index contributed by atoms with van der Waals surface area (Å²) in [5.41, 5.74) is 3.77. The second kappa shape index (κ2) is 9.82. The van der Waals surface area contributed by atoms with Gasteiger partial charge in [0.15, 0.2) is 5.82 Å². The lowest BCUT2D eigenvalue weighted by atomic mass is 9.77. The third kappa shape index (κ3) is 5.14. The Morgan fingerprint density at radius 3 is 2.31 bits per heavy atom. The molecule has 1 aliphatic carbocycles. The Morgan fingerprint density at radius 2 is 1.69 bits per heavy atom. The van der Waals surface area contributed by atoms with Crippen molar-refractivity contribution < 1.29 is 4.74 Å². The van der Waals surface area contributed by atoms with Crippen molar-refractivity contribution in [1.82, 2.24) is 9.97 Å². The van der Waals surface area contributed by atoms with Crippen molar-refractivity contribution >= 4 is 0 Å². The first-order valence-electron chi connectivity index (χ1n) is 10.2. The SMILES string of the molecule is CCCC1CCC(c2ccc(-c3ncc(CCCOC)cn3)cc2)CC1. The van der Waals surface area contributed by atoms with Crippen molar-refractivity contribution in [2.75, 3.05) is 13.7 Å². The number of ether oxygens (including phenoxy) is 1. The Morgan fingerprint density at radius 1 is 1.00 bits per heavy atom. The first-order valence-corrected chi connectivity index (χ1v) is 10.2. The summed E-state index contributed by atoms with van der Waals surface area (Å²) >= 11 is 0. The van der Waals surface area contributed by atoms with Gasteiger partial charge in [-0.1, -0.05) is 44.0 Å². The summed E-state index contributed by atoms with van der Waals surface area (Å²) in [4.78, 5) is 9.10. The van der Waals surface area contributed by atoms with Crippen LogP contribution in [0.2, 0.25) is 0 Å². The van der Waals surface area contributed by atoms with E-state index in [0.29, 0.717) is 0 Å². The molecule has 1 aromatic heterocycles. The van der Waals surface area contributed by atoms with Crippen LogP contribution in [0, 0.1) is 5.92 Å². The topological polar surface area (TPSA) is 35.0 Å².